The Bertz CT molecular complexity index is 2360. The molecule has 69 heavy (non-hydrogen) atoms. The summed E-state index contributed by atoms with van der Waals surface area (Å²) in [7, 11) is 3.49. The molecule has 1 aliphatic heterocycles. The number of rotatable bonds is 22. The highest BCUT2D eigenvalue weighted by Gasteiger charge is 2.32. The Balaban J connectivity index is 0.000000227. The Morgan fingerprint density at radius 1 is 0.638 bits per heavy atom. The molecular formula is C57H76N4O8. The van der Waals surface area contributed by atoms with Crippen LogP contribution in [-0.4, -0.2) is 72.3 Å². The summed E-state index contributed by atoms with van der Waals surface area (Å²) < 4.78 is 11.4. The molecule has 12 nitrogen and oxygen atoms in total. The first-order valence-electron chi connectivity index (χ1n) is 25.3. The molecule has 0 unspecified atom stereocenters. The van der Waals surface area contributed by atoms with Crippen molar-refractivity contribution in [3.63, 3.8) is 0 Å². The maximum absolute atomic E-state index is 11.1. The Morgan fingerprint density at radius 2 is 1.12 bits per heavy atom. The molecule has 1 heterocycles. The summed E-state index contributed by atoms with van der Waals surface area (Å²) in [5.41, 5.74) is 13.4. The van der Waals surface area contributed by atoms with Gasteiger partial charge in [0.25, 0.3) is 0 Å². The Kier molecular flexibility index (Phi) is 20.5. The molecule has 0 atom stereocenters. The SMILES string of the molecule is CCc1cc(C(C)=NOCc2ccc(C3CCCCC3)c(OC)c2)ccc1CN1CC(C(=O)O)C1.CCc1cc(C(C)=NOCc2ccc(C3CCCCC3)c(OC)c2)ccc1CNCCC(=O)O. The zero-order valence-corrected chi connectivity index (χ0v) is 42.0. The summed E-state index contributed by atoms with van der Waals surface area (Å²) >= 11 is 0. The predicted molar refractivity (Wildman–Crippen MR) is 274 cm³/mol. The number of hydrogen-bond acceptors (Lipinski definition) is 10. The van der Waals surface area contributed by atoms with Gasteiger partial charge in [-0.2, -0.15) is 0 Å². The van der Waals surface area contributed by atoms with Gasteiger partial charge in [-0.15, -0.1) is 0 Å². The second kappa shape index (κ2) is 26.9. The molecule has 7 rings (SSSR count). The number of likely N-dealkylation sites (tertiary alicyclic amines) is 1. The van der Waals surface area contributed by atoms with Crippen molar-refractivity contribution in [2.45, 2.75) is 149 Å². The predicted octanol–water partition coefficient (Wildman–Crippen LogP) is 11.6. The first-order chi connectivity index (χ1) is 33.5. The molecular weight excluding hydrogens is 869 g/mol. The molecule has 2 saturated carbocycles. The lowest BCUT2D eigenvalue weighted by molar-refractivity contribution is -0.147. The van der Waals surface area contributed by atoms with E-state index >= 15 is 0 Å². The average molecular weight is 945 g/mol. The first-order valence-corrected chi connectivity index (χ1v) is 25.3. The highest BCUT2D eigenvalue weighted by molar-refractivity contribution is 5.99. The van der Waals surface area contributed by atoms with Crippen LogP contribution in [0.25, 0.3) is 0 Å². The van der Waals surface area contributed by atoms with E-state index in [1.165, 1.54) is 97.6 Å². The fraction of sp³-hybridized carbons (Fsp3) is 0.509. The van der Waals surface area contributed by atoms with Gasteiger partial charge in [0.15, 0.2) is 0 Å². The highest BCUT2D eigenvalue weighted by atomic mass is 16.6. The summed E-state index contributed by atoms with van der Waals surface area (Å²) in [5.74, 6) is 1.40. The van der Waals surface area contributed by atoms with Gasteiger partial charge in [0, 0.05) is 32.7 Å². The van der Waals surface area contributed by atoms with Crippen molar-refractivity contribution in [1.82, 2.24) is 10.2 Å². The number of aliphatic carboxylic acids is 2. The largest absolute Gasteiger partial charge is 0.496 e. The quantitative estimate of drug-likeness (QED) is 0.0394. The number of oxime groups is 2. The van der Waals surface area contributed by atoms with Gasteiger partial charge in [0.1, 0.15) is 24.7 Å². The summed E-state index contributed by atoms with van der Waals surface area (Å²) in [4.78, 5) is 35.3. The van der Waals surface area contributed by atoms with E-state index in [9.17, 15) is 9.59 Å². The Morgan fingerprint density at radius 3 is 1.57 bits per heavy atom. The van der Waals surface area contributed by atoms with E-state index < -0.39 is 11.9 Å². The van der Waals surface area contributed by atoms with Gasteiger partial charge in [-0.25, -0.2) is 0 Å². The summed E-state index contributed by atoms with van der Waals surface area (Å²) in [6.45, 7) is 12.1. The molecule has 3 N–H and O–H groups in total. The van der Waals surface area contributed by atoms with Gasteiger partial charge >= 0.3 is 11.9 Å². The minimum absolute atomic E-state index is 0.123. The summed E-state index contributed by atoms with van der Waals surface area (Å²) in [6.07, 6.45) is 14.8. The Hall–Kier alpha value is -5.72. The van der Waals surface area contributed by atoms with Crippen LogP contribution in [0.3, 0.4) is 0 Å². The van der Waals surface area contributed by atoms with Crippen LogP contribution in [-0.2, 0) is 58.4 Å². The number of nitrogens with zero attached hydrogens (tertiary/aromatic N) is 3. The minimum Gasteiger partial charge on any atom is -0.496 e. The molecule has 2 aliphatic carbocycles. The van der Waals surface area contributed by atoms with Crippen LogP contribution in [0.15, 0.2) is 83.1 Å². The van der Waals surface area contributed by atoms with Crippen LogP contribution >= 0.6 is 0 Å². The van der Waals surface area contributed by atoms with Gasteiger partial charge in [0.05, 0.1) is 38.0 Å². The van der Waals surface area contributed by atoms with Crippen molar-refractivity contribution in [3.05, 3.63) is 128 Å². The van der Waals surface area contributed by atoms with Crippen molar-refractivity contribution in [1.29, 1.82) is 0 Å². The molecule has 0 radical (unpaired) electrons. The molecule has 12 heteroatoms. The van der Waals surface area contributed by atoms with Crippen LogP contribution in [0.1, 0.15) is 166 Å². The van der Waals surface area contributed by atoms with E-state index in [1.54, 1.807) is 14.2 Å². The van der Waals surface area contributed by atoms with E-state index in [4.69, 9.17) is 29.4 Å². The zero-order valence-electron chi connectivity index (χ0n) is 42.0. The van der Waals surface area contributed by atoms with Gasteiger partial charge in [-0.05, 0) is 144 Å². The number of hydrogen-bond donors (Lipinski definition) is 3. The van der Waals surface area contributed by atoms with Crippen molar-refractivity contribution in [2.24, 2.45) is 16.2 Å². The van der Waals surface area contributed by atoms with E-state index in [2.05, 4.69) is 101 Å². The fourth-order valence-corrected chi connectivity index (χ4v) is 9.91. The number of methoxy groups -OCH3 is 2. The van der Waals surface area contributed by atoms with E-state index in [-0.39, 0.29) is 12.3 Å². The topological polar surface area (TPSA) is 152 Å². The third-order valence-corrected chi connectivity index (χ3v) is 14.1. The van der Waals surface area contributed by atoms with Crippen LogP contribution < -0.4 is 14.8 Å². The number of carboxylic acids is 2. The van der Waals surface area contributed by atoms with Crippen molar-refractivity contribution < 1.29 is 39.0 Å². The molecule has 3 aliphatic rings. The van der Waals surface area contributed by atoms with Gasteiger partial charge in [-0.1, -0.05) is 111 Å². The standard InChI is InChI=1S/C29H38N2O4.C28H38N2O4/c1-4-22-15-24(11-12-25(22)16-31-17-26(18-31)29(32)33)20(2)30-35-19-21-10-13-27(28(14-21)34-3)23-8-6-5-7-9-23;1-4-22-17-24(11-12-25(22)18-29-15-14-28(31)32)20(2)30-34-19-21-10-13-26(27(16-21)33-3)23-8-6-5-7-9-23/h10-15,23,26H,4-9,16-19H2,1-3H3,(H,32,33);10-13,16-17,23,29H,4-9,14-15,18-19H2,1-3H3,(H,31,32). The van der Waals surface area contributed by atoms with Crippen molar-refractivity contribution in [3.8, 4) is 11.5 Å². The van der Waals surface area contributed by atoms with E-state index in [1.807, 2.05) is 19.9 Å². The summed E-state index contributed by atoms with van der Waals surface area (Å²) in [5, 5.41) is 29.8. The Labute approximate surface area is 410 Å². The number of carboxylic acid groups (broad SMARTS) is 2. The number of carbonyl (C=O) groups is 2. The third kappa shape index (κ3) is 15.4. The van der Waals surface area contributed by atoms with Crippen molar-refractivity contribution in [2.75, 3.05) is 33.9 Å². The van der Waals surface area contributed by atoms with Crippen LogP contribution in [0.2, 0.25) is 0 Å². The molecule has 4 aromatic rings. The molecule has 0 aromatic heterocycles. The fourth-order valence-electron chi connectivity index (χ4n) is 9.91. The monoisotopic (exact) mass is 945 g/mol. The lowest BCUT2D eigenvalue weighted by Gasteiger charge is -2.37. The number of nitrogens with one attached hydrogen (secondary N) is 1. The molecule has 3 fully saturated rings. The van der Waals surface area contributed by atoms with Crippen LogP contribution in [0.4, 0.5) is 0 Å². The molecule has 0 bridgehead atoms. The second-order valence-electron chi connectivity index (χ2n) is 18.9. The molecule has 0 spiro atoms. The minimum atomic E-state index is -0.788. The van der Waals surface area contributed by atoms with Gasteiger partial charge < -0.3 is 34.7 Å². The maximum Gasteiger partial charge on any atom is 0.309 e. The molecule has 4 aromatic carbocycles. The lowest BCUT2D eigenvalue weighted by Crippen LogP contribution is -2.49. The van der Waals surface area contributed by atoms with Crippen molar-refractivity contribution >= 4 is 23.4 Å². The zero-order chi connectivity index (χ0) is 49.1. The highest BCUT2D eigenvalue weighted by Crippen LogP contribution is 2.39. The van der Waals surface area contributed by atoms with Crippen LogP contribution in [0, 0.1) is 5.92 Å². The molecule has 0 amide bonds. The van der Waals surface area contributed by atoms with Gasteiger partial charge in [0.2, 0.25) is 0 Å². The number of aryl methyl sites for hydroxylation is 2. The van der Waals surface area contributed by atoms with Gasteiger partial charge in [-0.3, -0.25) is 14.5 Å². The average Bonchev–Trinajstić information content (AvgIpc) is 3.36. The molecule has 372 valence electrons. The smallest absolute Gasteiger partial charge is 0.309 e. The van der Waals surface area contributed by atoms with Crippen LogP contribution in [0.5, 0.6) is 11.5 Å². The second-order valence-corrected chi connectivity index (χ2v) is 18.9. The number of ether oxygens (including phenoxy) is 2. The van der Waals surface area contributed by atoms with E-state index in [0.717, 1.165) is 64.6 Å². The normalized spacial score (nSPS) is 16.3. The van der Waals surface area contributed by atoms with E-state index in [0.29, 0.717) is 51.2 Å². The maximum atomic E-state index is 11.1. The molecule has 1 saturated heterocycles. The third-order valence-electron chi connectivity index (χ3n) is 14.1. The first kappa shape index (κ1) is 52.6. The lowest BCUT2D eigenvalue weighted by atomic mass is 9.83. The number of benzene rings is 4. The summed E-state index contributed by atoms with van der Waals surface area (Å²) in [6, 6.07) is 25.5.